The molecule has 0 bridgehead atoms. The van der Waals surface area contributed by atoms with Gasteiger partial charge in [-0.05, 0) is 63.2 Å². The molecule has 0 spiro atoms. The quantitative estimate of drug-likeness (QED) is 0.855. The second-order valence-electron chi connectivity index (χ2n) is 7.35. The van der Waals surface area contributed by atoms with Gasteiger partial charge in [-0.2, -0.15) is 0 Å². The predicted molar refractivity (Wildman–Crippen MR) is 111 cm³/mol. The maximum atomic E-state index is 13.1. The normalized spacial score (nSPS) is 15.9. The summed E-state index contributed by atoms with van der Waals surface area (Å²) in [6.07, 6.45) is 0.911. The molecule has 6 nitrogen and oxygen atoms in total. The highest BCUT2D eigenvalue weighted by Gasteiger charge is 2.23. The lowest BCUT2D eigenvalue weighted by atomic mass is 10.1. The van der Waals surface area contributed by atoms with Crippen LogP contribution in [-0.4, -0.2) is 57.4 Å². The van der Waals surface area contributed by atoms with Crippen molar-refractivity contribution in [2.24, 2.45) is 0 Å². The Morgan fingerprint density at radius 3 is 2.46 bits per heavy atom. The van der Waals surface area contributed by atoms with Crippen molar-refractivity contribution >= 4 is 21.6 Å². The van der Waals surface area contributed by atoms with Crippen LogP contribution < -0.4 is 4.72 Å². The van der Waals surface area contributed by atoms with Crippen molar-refractivity contribution < 1.29 is 13.2 Å². The van der Waals surface area contributed by atoms with E-state index in [0.29, 0.717) is 24.3 Å². The highest BCUT2D eigenvalue weighted by Crippen LogP contribution is 2.22. The molecule has 7 heteroatoms. The zero-order chi connectivity index (χ0) is 20.3. The number of carbonyl (C=O) groups is 1. The summed E-state index contributed by atoms with van der Waals surface area (Å²) >= 11 is 0. The van der Waals surface area contributed by atoms with E-state index < -0.39 is 10.0 Å². The van der Waals surface area contributed by atoms with Crippen molar-refractivity contribution in [3.05, 3.63) is 59.2 Å². The third-order valence-corrected chi connectivity index (χ3v) is 6.51. The topological polar surface area (TPSA) is 69.7 Å². The number of nitrogens with zero attached hydrogens (tertiary/aromatic N) is 2. The molecule has 1 aliphatic rings. The summed E-state index contributed by atoms with van der Waals surface area (Å²) < 4.78 is 28.4. The molecule has 0 unspecified atom stereocenters. The van der Waals surface area contributed by atoms with Crippen LogP contribution in [-0.2, 0) is 10.0 Å². The van der Waals surface area contributed by atoms with Crippen LogP contribution in [0.2, 0.25) is 0 Å². The molecule has 1 N–H and O–H groups in total. The number of hydrogen-bond donors (Lipinski definition) is 1. The van der Waals surface area contributed by atoms with E-state index in [-0.39, 0.29) is 10.8 Å². The molecular weight excluding hydrogens is 374 g/mol. The number of aryl methyl sites for hydroxylation is 2. The van der Waals surface area contributed by atoms with Gasteiger partial charge >= 0.3 is 0 Å². The van der Waals surface area contributed by atoms with Gasteiger partial charge in [0, 0.05) is 25.2 Å². The van der Waals surface area contributed by atoms with E-state index in [1.54, 1.807) is 24.3 Å². The molecule has 1 heterocycles. The van der Waals surface area contributed by atoms with Gasteiger partial charge < -0.3 is 9.80 Å². The molecule has 2 aromatic rings. The smallest absolute Gasteiger partial charge is 0.261 e. The Bertz CT molecular complexity index is 973. The van der Waals surface area contributed by atoms with Gasteiger partial charge in [-0.25, -0.2) is 8.42 Å². The van der Waals surface area contributed by atoms with Crippen LogP contribution in [0.3, 0.4) is 0 Å². The molecule has 3 rings (SSSR count). The maximum absolute atomic E-state index is 13.1. The van der Waals surface area contributed by atoms with Crippen LogP contribution in [0.15, 0.2) is 47.4 Å². The van der Waals surface area contributed by atoms with E-state index in [1.807, 2.05) is 37.9 Å². The number of sulfonamides is 1. The molecule has 1 fully saturated rings. The molecule has 0 saturated carbocycles. The first-order chi connectivity index (χ1) is 13.3. The molecule has 2 aromatic carbocycles. The minimum Gasteiger partial charge on any atom is -0.337 e. The Kier molecular flexibility index (Phi) is 6.05. The molecule has 0 aromatic heterocycles. The van der Waals surface area contributed by atoms with Gasteiger partial charge in [0.2, 0.25) is 0 Å². The molecule has 28 heavy (non-hydrogen) atoms. The minimum absolute atomic E-state index is 0.0941. The van der Waals surface area contributed by atoms with Crippen LogP contribution in [0.1, 0.15) is 27.9 Å². The van der Waals surface area contributed by atoms with Crippen LogP contribution >= 0.6 is 0 Å². The second-order valence-corrected chi connectivity index (χ2v) is 9.03. The van der Waals surface area contributed by atoms with E-state index in [0.717, 1.165) is 30.6 Å². The van der Waals surface area contributed by atoms with Gasteiger partial charge in [0.1, 0.15) is 0 Å². The van der Waals surface area contributed by atoms with Crippen LogP contribution in [0, 0.1) is 13.8 Å². The van der Waals surface area contributed by atoms with Crippen LogP contribution in [0.4, 0.5) is 5.69 Å². The molecule has 150 valence electrons. The molecule has 1 amide bonds. The average molecular weight is 402 g/mol. The predicted octanol–water partition coefficient (Wildman–Crippen LogP) is 2.88. The molecule has 0 atom stereocenters. The third-order valence-electron chi connectivity index (χ3n) is 5.15. The number of anilines is 1. The van der Waals surface area contributed by atoms with Crippen molar-refractivity contribution in [2.45, 2.75) is 25.2 Å². The van der Waals surface area contributed by atoms with E-state index in [2.05, 4.69) is 9.62 Å². The first kappa shape index (κ1) is 20.4. The summed E-state index contributed by atoms with van der Waals surface area (Å²) in [5, 5.41) is 0. The monoisotopic (exact) mass is 401 g/mol. The summed E-state index contributed by atoms with van der Waals surface area (Å²) in [6.45, 7) is 6.78. The fraction of sp³-hybridized carbons (Fsp3) is 0.381. The van der Waals surface area contributed by atoms with Crippen molar-refractivity contribution in [2.75, 3.05) is 37.9 Å². The number of benzene rings is 2. The fourth-order valence-electron chi connectivity index (χ4n) is 3.31. The van der Waals surface area contributed by atoms with Crippen molar-refractivity contribution in [1.82, 2.24) is 9.80 Å². The average Bonchev–Trinajstić information content (AvgIpc) is 2.88. The molecular formula is C21H27N3O3S. The summed E-state index contributed by atoms with van der Waals surface area (Å²) in [7, 11) is -1.74. The number of rotatable bonds is 4. The summed E-state index contributed by atoms with van der Waals surface area (Å²) in [6, 6.07) is 11.9. The second kappa shape index (κ2) is 8.32. The Balaban J connectivity index is 1.88. The van der Waals surface area contributed by atoms with E-state index >= 15 is 0 Å². The van der Waals surface area contributed by atoms with Gasteiger partial charge in [0.25, 0.3) is 15.9 Å². The minimum atomic E-state index is -3.78. The lowest BCUT2D eigenvalue weighted by Gasteiger charge is -2.22. The zero-order valence-electron chi connectivity index (χ0n) is 16.6. The van der Waals surface area contributed by atoms with E-state index in [1.165, 1.54) is 6.07 Å². The van der Waals surface area contributed by atoms with Gasteiger partial charge in [-0.1, -0.05) is 24.3 Å². The molecule has 0 aliphatic carbocycles. The molecule has 0 radical (unpaired) electrons. The lowest BCUT2D eigenvalue weighted by Crippen LogP contribution is -2.35. The highest BCUT2D eigenvalue weighted by molar-refractivity contribution is 7.92. The number of para-hydroxylation sites is 1. The molecule has 1 aliphatic heterocycles. The van der Waals surface area contributed by atoms with Crippen molar-refractivity contribution in [3.8, 4) is 0 Å². The number of nitrogens with one attached hydrogen (secondary N) is 1. The van der Waals surface area contributed by atoms with Crippen LogP contribution in [0.5, 0.6) is 0 Å². The van der Waals surface area contributed by atoms with E-state index in [9.17, 15) is 13.2 Å². The number of hydrogen-bond acceptors (Lipinski definition) is 4. The Hall–Kier alpha value is -2.38. The maximum Gasteiger partial charge on any atom is 0.261 e. The van der Waals surface area contributed by atoms with Crippen molar-refractivity contribution in [3.63, 3.8) is 0 Å². The highest BCUT2D eigenvalue weighted by atomic mass is 32.2. The van der Waals surface area contributed by atoms with Gasteiger partial charge in [-0.15, -0.1) is 0 Å². The summed E-state index contributed by atoms with van der Waals surface area (Å²) in [4.78, 5) is 17.2. The number of amides is 1. The summed E-state index contributed by atoms with van der Waals surface area (Å²) in [5.74, 6) is -0.110. The standard InChI is InChI=1S/C21H27N3O3S/c1-16-9-10-18(28(26,27)22-20-8-5-4-7-17(20)2)15-19(16)21(25)24-12-6-11-23(3)13-14-24/h4-5,7-10,15,22H,6,11-14H2,1-3H3. The largest absolute Gasteiger partial charge is 0.337 e. The van der Waals surface area contributed by atoms with Crippen LogP contribution in [0.25, 0.3) is 0 Å². The first-order valence-corrected chi connectivity index (χ1v) is 10.9. The van der Waals surface area contributed by atoms with E-state index in [4.69, 9.17) is 0 Å². The third kappa shape index (κ3) is 4.54. The summed E-state index contributed by atoms with van der Waals surface area (Å²) in [5.41, 5.74) is 2.59. The lowest BCUT2D eigenvalue weighted by molar-refractivity contribution is 0.0762. The fourth-order valence-corrected chi connectivity index (χ4v) is 4.47. The van der Waals surface area contributed by atoms with Gasteiger partial charge in [0.15, 0.2) is 0 Å². The molecule has 1 saturated heterocycles. The first-order valence-electron chi connectivity index (χ1n) is 9.45. The Labute approximate surface area is 167 Å². The SMILES string of the molecule is Cc1ccccc1NS(=O)(=O)c1ccc(C)c(C(=O)N2CCCN(C)CC2)c1. The number of carbonyl (C=O) groups excluding carboxylic acids is 1. The Morgan fingerprint density at radius 1 is 0.964 bits per heavy atom. The zero-order valence-corrected chi connectivity index (χ0v) is 17.4. The number of likely N-dealkylation sites (N-methyl/N-ethyl adjacent to an activating group) is 1. The van der Waals surface area contributed by atoms with Crippen molar-refractivity contribution in [1.29, 1.82) is 0 Å². The van der Waals surface area contributed by atoms with Gasteiger partial charge in [-0.3, -0.25) is 9.52 Å². The Morgan fingerprint density at radius 2 is 1.71 bits per heavy atom. The van der Waals surface area contributed by atoms with Gasteiger partial charge in [0.05, 0.1) is 10.6 Å².